The van der Waals surface area contributed by atoms with Crippen LogP contribution in [0, 0.1) is 0 Å². The topological polar surface area (TPSA) is 84.8 Å². The summed E-state index contributed by atoms with van der Waals surface area (Å²) < 4.78 is 7.50. The standard InChI is InChI=1S/C24H33N5O2/c1-23(2,3)21-27-19(15-29(21)7)17-10-8-16(9-11-17)14-18(20-25-12-13-26-20)28-22(30)31-24(4,5)6/h8-13,15,18H,14H2,1-7H3,(H,25,26)(H,28,30)/t18-/m0/s1. The van der Waals surface area contributed by atoms with Crippen LogP contribution in [0.1, 0.15) is 64.8 Å². The summed E-state index contributed by atoms with van der Waals surface area (Å²) in [6.07, 6.45) is 5.61. The minimum absolute atomic E-state index is 0.0173. The fourth-order valence-electron chi connectivity index (χ4n) is 3.48. The first-order valence-corrected chi connectivity index (χ1v) is 10.5. The number of H-pyrrole nitrogens is 1. The van der Waals surface area contributed by atoms with Crippen molar-refractivity contribution < 1.29 is 9.53 Å². The van der Waals surface area contributed by atoms with Crippen molar-refractivity contribution in [1.29, 1.82) is 0 Å². The van der Waals surface area contributed by atoms with Gasteiger partial charge in [0.2, 0.25) is 0 Å². The van der Waals surface area contributed by atoms with E-state index in [1.54, 1.807) is 12.4 Å². The normalized spacial score (nSPS) is 13.1. The summed E-state index contributed by atoms with van der Waals surface area (Å²) in [6.45, 7) is 12.0. The molecule has 7 heteroatoms. The van der Waals surface area contributed by atoms with Crippen LogP contribution in [0.2, 0.25) is 0 Å². The Bertz CT molecular complexity index is 1010. The molecule has 1 amide bonds. The van der Waals surface area contributed by atoms with Gasteiger partial charge in [0.1, 0.15) is 17.2 Å². The highest BCUT2D eigenvalue weighted by molar-refractivity contribution is 5.68. The van der Waals surface area contributed by atoms with Gasteiger partial charge >= 0.3 is 6.09 Å². The maximum atomic E-state index is 12.3. The zero-order valence-corrected chi connectivity index (χ0v) is 19.5. The first-order valence-electron chi connectivity index (χ1n) is 10.5. The van der Waals surface area contributed by atoms with Crippen LogP contribution in [-0.4, -0.2) is 31.2 Å². The van der Waals surface area contributed by atoms with Crippen molar-refractivity contribution in [3.8, 4) is 11.3 Å². The van der Waals surface area contributed by atoms with Gasteiger partial charge < -0.3 is 19.6 Å². The summed E-state index contributed by atoms with van der Waals surface area (Å²) in [6, 6.07) is 7.94. The summed E-state index contributed by atoms with van der Waals surface area (Å²) in [5, 5.41) is 2.93. The fourth-order valence-corrected chi connectivity index (χ4v) is 3.48. The SMILES string of the molecule is Cn1cc(-c2ccc(C[C@H](NC(=O)OC(C)(C)C)c3ncc[nH]3)cc2)nc1C(C)(C)C. The molecule has 0 aliphatic heterocycles. The lowest BCUT2D eigenvalue weighted by molar-refractivity contribution is 0.0501. The van der Waals surface area contributed by atoms with Crippen molar-refractivity contribution in [3.05, 3.63) is 60.1 Å². The van der Waals surface area contributed by atoms with Gasteiger partial charge in [-0.3, -0.25) is 0 Å². The summed E-state index contributed by atoms with van der Waals surface area (Å²) in [4.78, 5) is 24.6. The van der Waals surface area contributed by atoms with E-state index in [2.05, 4.69) is 71.1 Å². The molecule has 2 N–H and O–H groups in total. The van der Waals surface area contributed by atoms with Gasteiger partial charge in [0.05, 0.1) is 11.7 Å². The highest BCUT2D eigenvalue weighted by Crippen LogP contribution is 2.26. The summed E-state index contributed by atoms with van der Waals surface area (Å²) in [5.74, 6) is 1.74. The summed E-state index contributed by atoms with van der Waals surface area (Å²) in [5.41, 5.74) is 2.51. The molecule has 1 atom stereocenters. The van der Waals surface area contributed by atoms with E-state index in [1.165, 1.54) is 0 Å². The van der Waals surface area contributed by atoms with Crippen LogP contribution in [0.3, 0.4) is 0 Å². The van der Waals surface area contributed by atoms with Crippen molar-refractivity contribution >= 4 is 6.09 Å². The van der Waals surface area contributed by atoms with Crippen molar-refractivity contribution in [2.45, 2.75) is 65.0 Å². The Morgan fingerprint density at radius 3 is 2.35 bits per heavy atom. The molecule has 7 nitrogen and oxygen atoms in total. The Balaban J connectivity index is 1.77. The van der Waals surface area contributed by atoms with Crippen LogP contribution < -0.4 is 5.32 Å². The molecular weight excluding hydrogens is 390 g/mol. The van der Waals surface area contributed by atoms with Crippen LogP contribution in [0.4, 0.5) is 4.79 Å². The number of amides is 1. The van der Waals surface area contributed by atoms with Gasteiger partial charge in [-0.25, -0.2) is 14.8 Å². The highest BCUT2D eigenvalue weighted by atomic mass is 16.6. The molecule has 0 fully saturated rings. The average Bonchev–Trinajstić information content (AvgIpc) is 3.29. The highest BCUT2D eigenvalue weighted by Gasteiger charge is 2.23. The molecule has 0 aliphatic carbocycles. The lowest BCUT2D eigenvalue weighted by Crippen LogP contribution is -2.36. The Hall–Kier alpha value is -3.09. The van der Waals surface area contributed by atoms with Gasteiger partial charge in [-0.15, -0.1) is 0 Å². The van der Waals surface area contributed by atoms with Crippen molar-refractivity contribution in [3.63, 3.8) is 0 Å². The first kappa shape index (κ1) is 22.6. The van der Waals surface area contributed by atoms with Crippen molar-refractivity contribution in [2.75, 3.05) is 0 Å². The number of hydrogen-bond donors (Lipinski definition) is 2. The lowest BCUT2D eigenvalue weighted by atomic mass is 9.96. The molecule has 1 aromatic carbocycles. The van der Waals surface area contributed by atoms with Crippen LogP contribution in [-0.2, 0) is 23.6 Å². The third kappa shape index (κ3) is 5.96. The van der Waals surface area contributed by atoms with Crippen LogP contribution in [0.25, 0.3) is 11.3 Å². The smallest absolute Gasteiger partial charge is 0.408 e. The van der Waals surface area contributed by atoms with E-state index in [4.69, 9.17) is 9.72 Å². The van der Waals surface area contributed by atoms with Gasteiger partial charge in [0.25, 0.3) is 0 Å². The number of nitrogens with zero attached hydrogens (tertiary/aromatic N) is 3. The maximum absolute atomic E-state index is 12.3. The van der Waals surface area contributed by atoms with Gasteiger partial charge in [0, 0.05) is 43.0 Å². The molecule has 0 aliphatic rings. The number of ether oxygens (including phenoxy) is 1. The van der Waals surface area contributed by atoms with E-state index >= 15 is 0 Å². The third-order valence-corrected chi connectivity index (χ3v) is 4.78. The molecule has 3 aromatic rings. The number of aromatic nitrogens is 4. The van der Waals surface area contributed by atoms with Crippen LogP contribution in [0.5, 0.6) is 0 Å². The fraction of sp³-hybridized carbons (Fsp3) is 0.458. The molecule has 166 valence electrons. The van der Waals surface area contributed by atoms with Gasteiger partial charge in [0.15, 0.2) is 0 Å². The Morgan fingerprint density at radius 2 is 1.84 bits per heavy atom. The first-order chi connectivity index (χ1) is 14.4. The second-order valence-corrected chi connectivity index (χ2v) is 9.88. The van der Waals surface area contributed by atoms with Gasteiger partial charge in [-0.05, 0) is 26.3 Å². The molecule has 2 heterocycles. The lowest BCUT2D eigenvalue weighted by Gasteiger charge is -2.23. The molecule has 0 spiro atoms. The zero-order valence-electron chi connectivity index (χ0n) is 19.5. The maximum Gasteiger partial charge on any atom is 0.408 e. The Morgan fingerprint density at radius 1 is 1.16 bits per heavy atom. The number of aromatic amines is 1. The largest absolute Gasteiger partial charge is 0.444 e. The van der Waals surface area contributed by atoms with Crippen molar-refractivity contribution in [1.82, 2.24) is 24.8 Å². The molecule has 0 saturated heterocycles. The van der Waals surface area contributed by atoms with Crippen LogP contribution in [0.15, 0.2) is 42.9 Å². The van der Waals surface area contributed by atoms with Gasteiger partial charge in [-0.2, -0.15) is 0 Å². The summed E-state index contributed by atoms with van der Waals surface area (Å²) in [7, 11) is 2.03. The van der Waals surface area contributed by atoms with E-state index in [0.717, 1.165) is 22.6 Å². The van der Waals surface area contributed by atoms with Crippen molar-refractivity contribution in [2.24, 2.45) is 7.05 Å². The number of nitrogens with one attached hydrogen (secondary N) is 2. The molecular formula is C24H33N5O2. The van der Waals surface area contributed by atoms with E-state index in [0.29, 0.717) is 12.2 Å². The summed E-state index contributed by atoms with van der Waals surface area (Å²) >= 11 is 0. The molecule has 0 saturated carbocycles. The molecule has 3 rings (SSSR count). The third-order valence-electron chi connectivity index (χ3n) is 4.78. The number of imidazole rings is 2. The molecule has 2 aromatic heterocycles. The molecule has 0 unspecified atom stereocenters. The molecule has 0 radical (unpaired) electrons. The number of hydrogen-bond acceptors (Lipinski definition) is 4. The van der Waals surface area contributed by atoms with E-state index in [1.807, 2.05) is 27.8 Å². The number of aryl methyl sites for hydroxylation is 1. The number of rotatable bonds is 5. The van der Waals surface area contributed by atoms with E-state index < -0.39 is 11.7 Å². The minimum Gasteiger partial charge on any atom is -0.444 e. The number of carbonyl (C=O) groups is 1. The Labute approximate surface area is 184 Å². The van der Waals surface area contributed by atoms with Gasteiger partial charge in [-0.1, -0.05) is 45.0 Å². The van der Waals surface area contributed by atoms with E-state index in [-0.39, 0.29) is 11.5 Å². The quantitative estimate of drug-likeness (QED) is 0.610. The monoisotopic (exact) mass is 423 g/mol. The molecule has 0 bridgehead atoms. The number of alkyl carbamates (subject to hydrolysis) is 1. The molecule has 31 heavy (non-hydrogen) atoms. The predicted octanol–water partition coefficient (Wildman–Crippen LogP) is 4.92. The minimum atomic E-state index is -0.561. The number of benzene rings is 1. The number of carbonyl (C=O) groups excluding carboxylic acids is 1. The zero-order chi connectivity index (χ0) is 22.8. The second-order valence-electron chi connectivity index (χ2n) is 9.88. The second kappa shape index (κ2) is 8.57. The van der Waals surface area contributed by atoms with E-state index in [9.17, 15) is 4.79 Å². The predicted molar refractivity (Wildman–Crippen MR) is 122 cm³/mol. The average molecular weight is 424 g/mol. The van der Waals surface area contributed by atoms with Crippen LogP contribution >= 0.6 is 0 Å². The Kier molecular flexibility index (Phi) is 6.25.